The summed E-state index contributed by atoms with van der Waals surface area (Å²) < 4.78 is 22.4. The van der Waals surface area contributed by atoms with Crippen molar-refractivity contribution in [1.82, 2.24) is 0 Å². The van der Waals surface area contributed by atoms with Crippen molar-refractivity contribution in [3.8, 4) is 6.07 Å². The molecular formula is C49H97NO7. The first-order valence-corrected chi connectivity index (χ1v) is 20.4. The predicted octanol–water partition coefficient (Wildman–Crippen LogP) is 13.8. The van der Waals surface area contributed by atoms with Gasteiger partial charge in [0, 0.05) is 13.5 Å². The molecule has 57 heavy (non-hydrogen) atoms. The van der Waals surface area contributed by atoms with Gasteiger partial charge in [-0.1, -0.05) is 65.3 Å². The van der Waals surface area contributed by atoms with Crippen molar-refractivity contribution in [3.63, 3.8) is 0 Å². The third-order valence-corrected chi connectivity index (χ3v) is 13.7. The van der Waals surface area contributed by atoms with Crippen LogP contribution in [0, 0.1) is 63.1 Å². The molecule has 0 N–H and O–H groups in total. The number of ether oxygens (including phenoxy) is 4. The fourth-order valence-electron chi connectivity index (χ4n) is 8.83. The van der Waals surface area contributed by atoms with Gasteiger partial charge in [-0.2, -0.15) is 5.26 Å². The van der Waals surface area contributed by atoms with Crippen molar-refractivity contribution in [2.75, 3.05) is 13.2 Å². The standard InChI is InChI=1S/C17H28O2.C13H22O2.C11H20O3.C2H3N.6CH4/c1-5-16(2,3)15(18)19-17(4)13-7-11-6-12(9-13)10-14(17)8-11;1-4-13(2,3)12(14)15-11-8-9-5-6-10(11)7-9;1-4-11(2,3)10(12)14-8-9-6-5-7-13-9;1-2-3;;;;;;/h11-14H,5-10H2,1-4H3;9-11H,4-8H2,1-3H3;9H,4-8H2,1-3H3;1H3;6*1H4. The van der Waals surface area contributed by atoms with E-state index in [1.165, 1.54) is 58.3 Å². The Hall–Kier alpha value is -2.14. The van der Waals surface area contributed by atoms with Crippen molar-refractivity contribution in [1.29, 1.82) is 5.26 Å². The number of fused-ring (bicyclic) bond motifs is 2. The lowest BCUT2D eigenvalue weighted by Gasteiger charge is -2.59. The van der Waals surface area contributed by atoms with E-state index in [4.69, 9.17) is 24.2 Å². The third kappa shape index (κ3) is 16.1. The van der Waals surface area contributed by atoms with Gasteiger partial charge in [-0.3, -0.25) is 14.4 Å². The molecule has 7 aliphatic rings. The minimum atomic E-state index is -0.362. The molecule has 6 bridgehead atoms. The van der Waals surface area contributed by atoms with E-state index in [0.29, 0.717) is 24.4 Å². The number of hydrogen-bond acceptors (Lipinski definition) is 8. The molecule has 4 atom stereocenters. The molecule has 8 nitrogen and oxygen atoms in total. The molecule has 1 aliphatic heterocycles. The molecule has 6 saturated carbocycles. The van der Waals surface area contributed by atoms with Gasteiger partial charge in [0.05, 0.1) is 28.4 Å². The zero-order valence-corrected chi connectivity index (χ0v) is 34.2. The van der Waals surface area contributed by atoms with Gasteiger partial charge in [-0.05, 0) is 174 Å². The first-order valence-electron chi connectivity index (χ1n) is 20.4. The van der Waals surface area contributed by atoms with E-state index in [2.05, 4.69) is 13.8 Å². The summed E-state index contributed by atoms with van der Waals surface area (Å²) in [7, 11) is 0. The first-order chi connectivity index (χ1) is 23.8. The lowest BCUT2D eigenvalue weighted by Crippen LogP contribution is -2.58. The van der Waals surface area contributed by atoms with Crippen LogP contribution in [0.25, 0.3) is 0 Å². The molecule has 0 spiro atoms. The van der Waals surface area contributed by atoms with Crippen molar-refractivity contribution in [3.05, 3.63) is 0 Å². The first kappa shape index (κ1) is 61.5. The van der Waals surface area contributed by atoms with Crippen molar-refractivity contribution < 1.29 is 33.3 Å². The molecule has 8 heteroatoms. The molecular weight excluding hydrogens is 715 g/mol. The van der Waals surface area contributed by atoms with Crippen molar-refractivity contribution in [2.24, 2.45) is 51.8 Å². The number of carbonyl (C=O) groups is 3. The van der Waals surface area contributed by atoms with Gasteiger partial charge < -0.3 is 18.9 Å². The van der Waals surface area contributed by atoms with Gasteiger partial charge in [0.2, 0.25) is 0 Å². The maximum absolute atomic E-state index is 12.5. The van der Waals surface area contributed by atoms with Crippen LogP contribution in [-0.2, 0) is 33.3 Å². The normalized spacial score (nSPS) is 29.5. The molecule has 0 aromatic rings. The van der Waals surface area contributed by atoms with Gasteiger partial charge in [0.25, 0.3) is 0 Å². The summed E-state index contributed by atoms with van der Waals surface area (Å²) in [5.41, 5.74) is -1.17. The number of nitrogens with zero attached hydrogens (tertiary/aromatic N) is 1. The van der Waals surface area contributed by atoms with Crippen LogP contribution in [0.1, 0.15) is 211 Å². The van der Waals surface area contributed by atoms with Gasteiger partial charge in [-0.15, -0.1) is 0 Å². The summed E-state index contributed by atoms with van der Waals surface area (Å²) >= 11 is 0. The zero-order valence-electron chi connectivity index (χ0n) is 34.2. The molecule has 7 rings (SSSR count). The highest BCUT2D eigenvalue weighted by Crippen LogP contribution is 2.59. The van der Waals surface area contributed by atoms with E-state index >= 15 is 0 Å². The Morgan fingerprint density at radius 1 is 0.667 bits per heavy atom. The Morgan fingerprint density at radius 2 is 1.12 bits per heavy atom. The Labute approximate surface area is 355 Å². The van der Waals surface area contributed by atoms with Crippen molar-refractivity contribution >= 4 is 17.9 Å². The van der Waals surface area contributed by atoms with Crippen molar-refractivity contribution in [2.45, 2.75) is 228 Å². The number of nitriles is 1. The maximum Gasteiger partial charge on any atom is 0.312 e. The van der Waals surface area contributed by atoms with Gasteiger partial charge >= 0.3 is 17.9 Å². The monoisotopic (exact) mass is 812 g/mol. The fraction of sp³-hybridized carbons (Fsp3) is 0.918. The molecule has 6 aliphatic carbocycles. The summed E-state index contributed by atoms with van der Waals surface area (Å²) in [5.74, 6) is 4.52. The fourth-order valence-corrected chi connectivity index (χ4v) is 8.83. The predicted molar refractivity (Wildman–Crippen MR) is 241 cm³/mol. The molecule has 0 aromatic heterocycles. The van der Waals surface area contributed by atoms with Crippen LogP contribution >= 0.6 is 0 Å². The second-order valence-corrected chi connectivity index (χ2v) is 18.7. The Bertz CT molecular complexity index is 1170. The number of rotatable bonds is 10. The number of carbonyl (C=O) groups excluding carboxylic acids is 3. The molecule has 0 amide bonds. The van der Waals surface area contributed by atoms with Crippen LogP contribution in [0.2, 0.25) is 0 Å². The summed E-state index contributed by atoms with van der Waals surface area (Å²) in [6.07, 6.45) is 16.6. The van der Waals surface area contributed by atoms with Crippen LogP contribution in [0.15, 0.2) is 0 Å². The topological polar surface area (TPSA) is 112 Å². The molecule has 1 heterocycles. The molecule has 340 valence electrons. The number of esters is 3. The van der Waals surface area contributed by atoms with Crippen LogP contribution < -0.4 is 0 Å². The van der Waals surface area contributed by atoms with E-state index in [1.807, 2.05) is 55.4 Å². The number of hydrogen-bond donors (Lipinski definition) is 0. The van der Waals surface area contributed by atoms with Crippen LogP contribution in [0.4, 0.5) is 0 Å². The van der Waals surface area contributed by atoms with Gasteiger partial charge in [0.15, 0.2) is 0 Å². The van der Waals surface area contributed by atoms with Gasteiger partial charge in [0.1, 0.15) is 18.3 Å². The lowest BCUT2D eigenvalue weighted by molar-refractivity contribution is -0.211. The SMILES string of the molecule is C.C.C.C.C.C.CC#N.CCC(C)(C)C(=O)OC1(C)C2CC3CC(C2)CC1C3.CCC(C)(C)C(=O)OC1CC2CCC1C2.CCC(C)(C)C(=O)OCC1CCCO1. The average Bonchev–Trinajstić information content (AvgIpc) is 3.87. The van der Waals surface area contributed by atoms with E-state index < -0.39 is 0 Å². The van der Waals surface area contributed by atoms with Crippen LogP contribution in [0.5, 0.6) is 0 Å². The van der Waals surface area contributed by atoms with E-state index in [-0.39, 0.29) is 96.5 Å². The minimum Gasteiger partial charge on any atom is -0.463 e. The average molecular weight is 812 g/mol. The van der Waals surface area contributed by atoms with E-state index in [0.717, 1.165) is 62.9 Å². The second-order valence-electron chi connectivity index (χ2n) is 18.7. The highest BCUT2D eigenvalue weighted by Gasteiger charge is 2.57. The molecule has 0 aromatic carbocycles. The minimum absolute atomic E-state index is 0. The highest BCUT2D eigenvalue weighted by molar-refractivity contribution is 5.77. The van der Waals surface area contributed by atoms with Crippen LogP contribution in [-0.4, -0.2) is 48.9 Å². The zero-order chi connectivity index (χ0) is 38.2. The molecule has 0 radical (unpaired) electrons. The largest absolute Gasteiger partial charge is 0.463 e. The summed E-state index contributed by atoms with van der Waals surface area (Å²) in [6.45, 7) is 22.8. The summed E-state index contributed by atoms with van der Waals surface area (Å²) in [5, 5.41) is 7.32. The highest BCUT2D eigenvalue weighted by atomic mass is 16.6. The molecule has 7 fully saturated rings. The summed E-state index contributed by atoms with van der Waals surface area (Å²) in [4.78, 5) is 36.0. The smallest absolute Gasteiger partial charge is 0.312 e. The molecule has 4 unspecified atom stereocenters. The molecule has 1 saturated heterocycles. The maximum atomic E-state index is 12.5. The second kappa shape index (κ2) is 26.2. The van der Waals surface area contributed by atoms with E-state index in [1.54, 1.807) is 6.07 Å². The Morgan fingerprint density at radius 3 is 1.51 bits per heavy atom. The quantitative estimate of drug-likeness (QED) is 0.158. The van der Waals surface area contributed by atoms with Gasteiger partial charge in [-0.25, -0.2) is 0 Å². The van der Waals surface area contributed by atoms with E-state index in [9.17, 15) is 14.4 Å². The Kier molecular flexibility index (Phi) is 28.2. The Balaban J connectivity index is -0.000000343. The van der Waals surface area contributed by atoms with Crippen LogP contribution in [0.3, 0.4) is 0 Å². The summed E-state index contributed by atoms with van der Waals surface area (Å²) in [6, 6.07) is 1.75. The lowest BCUT2D eigenvalue weighted by atomic mass is 9.50. The third-order valence-electron chi connectivity index (χ3n) is 13.7.